The molecule has 0 aliphatic carbocycles. The van der Waals surface area contributed by atoms with Crippen LogP contribution in [-0.2, 0) is 4.79 Å². The first kappa shape index (κ1) is 11.8. The van der Waals surface area contributed by atoms with Crippen LogP contribution in [0.5, 0.6) is 5.75 Å². The molecule has 1 fully saturated rings. The zero-order valence-electron chi connectivity index (χ0n) is 10.1. The van der Waals surface area contributed by atoms with Gasteiger partial charge in [-0.25, -0.2) is 0 Å². The molecule has 1 heterocycles. The van der Waals surface area contributed by atoms with Crippen LogP contribution in [0.1, 0.15) is 19.8 Å². The van der Waals surface area contributed by atoms with Gasteiger partial charge in [-0.1, -0.05) is 6.07 Å². The van der Waals surface area contributed by atoms with E-state index in [0.717, 1.165) is 25.9 Å². The van der Waals surface area contributed by atoms with Crippen molar-refractivity contribution in [2.45, 2.75) is 25.9 Å². The maximum Gasteiger partial charge on any atom is 0.263 e. The molecule has 1 atom stereocenters. The van der Waals surface area contributed by atoms with Crippen molar-refractivity contribution in [2.75, 3.05) is 18.8 Å². The Morgan fingerprint density at radius 2 is 2.12 bits per heavy atom. The van der Waals surface area contributed by atoms with Crippen molar-refractivity contribution < 1.29 is 9.53 Å². The van der Waals surface area contributed by atoms with Crippen LogP contribution < -0.4 is 10.5 Å². The lowest BCUT2D eigenvalue weighted by Crippen LogP contribution is -2.38. The van der Waals surface area contributed by atoms with E-state index >= 15 is 0 Å². The summed E-state index contributed by atoms with van der Waals surface area (Å²) in [6.45, 7) is 3.48. The Bertz CT molecular complexity index is 400. The molecule has 0 saturated carbocycles. The minimum absolute atomic E-state index is 0.0601. The summed E-state index contributed by atoms with van der Waals surface area (Å²) >= 11 is 0. The fraction of sp³-hybridized carbons (Fsp3) is 0.462. The van der Waals surface area contributed by atoms with Crippen LogP contribution in [-0.4, -0.2) is 30.0 Å². The molecule has 0 aromatic heterocycles. The van der Waals surface area contributed by atoms with E-state index in [-0.39, 0.29) is 5.91 Å². The molecule has 4 nitrogen and oxygen atoms in total. The molecule has 0 spiro atoms. The fourth-order valence-corrected chi connectivity index (χ4v) is 2.04. The van der Waals surface area contributed by atoms with Gasteiger partial charge >= 0.3 is 0 Å². The third kappa shape index (κ3) is 2.90. The average Bonchev–Trinajstić information content (AvgIpc) is 2.81. The van der Waals surface area contributed by atoms with Gasteiger partial charge < -0.3 is 15.4 Å². The van der Waals surface area contributed by atoms with Gasteiger partial charge in [0.15, 0.2) is 6.10 Å². The summed E-state index contributed by atoms with van der Waals surface area (Å²) in [4.78, 5) is 13.9. The molecule has 1 aromatic carbocycles. The zero-order chi connectivity index (χ0) is 12.3. The number of nitrogen functional groups attached to an aromatic ring is 1. The molecule has 2 rings (SSSR count). The van der Waals surface area contributed by atoms with E-state index in [1.54, 1.807) is 19.1 Å². The lowest BCUT2D eigenvalue weighted by atomic mass is 10.3. The van der Waals surface area contributed by atoms with Crippen molar-refractivity contribution in [1.29, 1.82) is 0 Å². The highest BCUT2D eigenvalue weighted by Gasteiger charge is 2.24. The Hall–Kier alpha value is -1.71. The molecule has 2 N–H and O–H groups in total. The van der Waals surface area contributed by atoms with Crippen molar-refractivity contribution in [2.24, 2.45) is 0 Å². The number of carbonyl (C=O) groups excluding carboxylic acids is 1. The number of hydrogen-bond acceptors (Lipinski definition) is 3. The second-order valence-corrected chi connectivity index (χ2v) is 4.36. The topological polar surface area (TPSA) is 55.6 Å². The summed E-state index contributed by atoms with van der Waals surface area (Å²) in [7, 11) is 0. The summed E-state index contributed by atoms with van der Waals surface area (Å²) in [6.07, 6.45) is 1.74. The van der Waals surface area contributed by atoms with E-state index < -0.39 is 6.10 Å². The molecular weight excluding hydrogens is 216 g/mol. The third-order valence-electron chi connectivity index (χ3n) is 2.94. The molecule has 1 aliphatic rings. The fourth-order valence-electron chi connectivity index (χ4n) is 2.04. The lowest BCUT2D eigenvalue weighted by Gasteiger charge is -2.21. The quantitative estimate of drug-likeness (QED) is 0.809. The molecule has 0 radical (unpaired) electrons. The van der Waals surface area contributed by atoms with Crippen molar-refractivity contribution in [3.8, 4) is 5.75 Å². The Kier molecular flexibility index (Phi) is 3.52. The van der Waals surface area contributed by atoms with Crippen molar-refractivity contribution >= 4 is 11.6 Å². The number of likely N-dealkylation sites (tertiary alicyclic amines) is 1. The number of carbonyl (C=O) groups is 1. The standard InChI is InChI=1S/C13H18N2O2/c1-10(13(16)15-7-2-3-8-15)17-12-6-4-5-11(14)9-12/h4-6,9-10H,2-3,7-8,14H2,1H3/t10-/m1/s1. The molecule has 1 saturated heterocycles. The smallest absolute Gasteiger partial charge is 0.263 e. The number of anilines is 1. The predicted molar refractivity (Wildman–Crippen MR) is 66.8 cm³/mol. The Balaban J connectivity index is 1.96. The third-order valence-corrected chi connectivity index (χ3v) is 2.94. The molecule has 4 heteroatoms. The second kappa shape index (κ2) is 5.08. The molecule has 1 aromatic rings. The molecule has 0 bridgehead atoms. The maximum atomic E-state index is 12.0. The number of hydrogen-bond donors (Lipinski definition) is 1. The van der Waals surface area contributed by atoms with Crippen LogP contribution in [0.15, 0.2) is 24.3 Å². The predicted octanol–water partition coefficient (Wildman–Crippen LogP) is 1.66. The van der Waals surface area contributed by atoms with Crippen LogP contribution in [0.25, 0.3) is 0 Å². The van der Waals surface area contributed by atoms with Crippen molar-refractivity contribution in [1.82, 2.24) is 4.90 Å². The normalized spacial score (nSPS) is 16.9. The van der Waals surface area contributed by atoms with Crippen LogP contribution in [0.3, 0.4) is 0 Å². The van der Waals surface area contributed by atoms with E-state index in [4.69, 9.17) is 10.5 Å². The van der Waals surface area contributed by atoms with E-state index in [1.807, 2.05) is 17.0 Å². The van der Waals surface area contributed by atoms with Crippen LogP contribution in [0, 0.1) is 0 Å². The number of nitrogens with two attached hydrogens (primary N) is 1. The van der Waals surface area contributed by atoms with Gasteiger partial charge in [-0.05, 0) is 31.9 Å². The first-order chi connectivity index (χ1) is 8.16. The Morgan fingerprint density at radius 1 is 1.41 bits per heavy atom. The van der Waals surface area contributed by atoms with Gasteiger partial charge in [-0.2, -0.15) is 0 Å². The zero-order valence-corrected chi connectivity index (χ0v) is 10.1. The second-order valence-electron chi connectivity index (χ2n) is 4.36. The van der Waals surface area contributed by atoms with E-state index in [2.05, 4.69) is 0 Å². The molecule has 1 aliphatic heterocycles. The van der Waals surface area contributed by atoms with Crippen LogP contribution in [0.2, 0.25) is 0 Å². The van der Waals surface area contributed by atoms with Gasteiger partial charge in [0, 0.05) is 24.8 Å². The van der Waals surface area contributed by atoms with Gasteiger partial charge in [0.2, 0.25) is 0 Å². The highest BCUT2D eigenvalue weighted by molar-refractivity contribution is 5.81. The van der Waals surface area contributed by atoms with E-state index in [0.29, 0.717) is 11.4 Å². The average molecular weight is 234 g/mol. The summed E-state index contributed by atoms with van der Waals surface area (Å²) < 4.78 is 5.60. The largest absolute Gasteiger partial charge is 0.481 e. The lowest BCUT2D eigenvalue weighted by molar-refractivity contribution is -0.136. The Labute approximate surface area is 101 Å². The summed E-state index contributed by atoms with van der Waals surface area (Å²) in [6, 6.07) is 7.15. The number of ether oxygens (including phenoxy) is 1. The summed E-state index contributed by atoms with van der Waals surface area (Å²) in [5.41, 5.74) is 6.30. The number of nitrogens with zero attached hydrogens (tertiary/aromatic N) is 1. The van der Waals surface area contributed by atoms with Crippen molar-refractivity contribution in [3.63, 3.8) is 0 Å². The van der Waals surface area contributed by atoms with E-state index in [1.165, 1.54) is 0 Å². The monoisotopic (exact) mass is 234 g/mol. The molecule has 1 amide bonds. The highest BCUT2D eigenvalue weighted by atomic mass is 16.5. The van der Waals surface area contributed by atoms with E-state index in [9.17, 15) is 4.79 Å². The first-order valence-corrected chi connectivity index (χ1v) is 5.98. The molecule has 92 valence electrons. The van der Waals surface area contributed by atoms with Crippen LogP contribution >= 0.6 is 0 Å². The maximum absolute atomic E-state index is 12.0. The summed E-state index contributed by atoms with van der Waals surface area (Å²) in [5, 5.41) is 0. The van der Waals surface area contributed by atoms with Crippen LogP contribution in [0.4, 0.5) is 5.69 Å². The SMILES string of the molecule is C[C@@H](Oc1cccc(N)c1)C(=O)N1CCCC1. The van der Waals surface area contributed by atoms with Gasteiger partial charge in [0.25, 0.3) is 5.91 Å². The summed E-state index contributed by atoms with van der Waals surface area (Å²) in [5.74, 6) is 0.704. The molecule has 17 heavy (non-hydrogen) atoms. The van der Waals surface area contributed by atoms with Gasteiger partial charge in [0.1, 0.15) is 5.75 Å². The van der Waals surface area contributed by atoms with Gasteiger partial charge in [-0.3, -0.25) is 4.79 Å². The highest BCUT2D eigenvalue weighted by Crippen LogP contribution is 2.17. The van der Waals surface area contributed by atoms with Gasteiger partial charge in [0.05, 0.1) is 0 Å². The number of amides is 1. The Morgan fingerprint density at radius 3 is 2.76 bits per heavy atom. The number of benzene rings is 1. The number of rotatable bonds is 3. The minimum atomic E-state index is -0.449. The first-order valence-electron chi connectivity index (χ1n) is 5.98. The molecular formula is C13H18N2O2. The van der Waals surface area contributed by atoms with Crippen molar-refractivity contribution in [3.05, 3.63) is 24.3 Å². The van der Waals surface area contributed by atoms with Gasteiger partial charge in [-0.15, -0.1) is 0 Å². The molecule has 0 unspecified atom stereocenters. The minimum Gasteiger partial charge on any atom is -0.481 e.